The Labute approximate surface area is 293 Å². The van der Waals surface area contributed by atoms with E-state index >= 15 is 0 Å². The van der Waals surface area contributed by atoms with Crippen molar-refractivity contribution in [2.75, 3.05) is 0 Å². The number of hydrogen-bond acceptors (Lipinski definition) is 0. The first-order valence-corrected chi connectivity index (χ1v) is 17.1. The van der Waals surface area contributed by atoms with Crippen molar-refractivity contribution in [3.05, 3.63) is 82.0 Å². The van der Waals surface area contributed by atoms with Gasteiger partial charge in [0.15, 0.2) is 0 Å². The zero-order chi connectivity index (χ0) is 30.8. The van der Waals surface area contributed by atoms with E-state index in [2.05, 4.69) is 120 Å². The molecule has 2 aromatic carbocycles. The van der Waals surface area contributed by atoms with E-state index in [4.69, 9.17) is 0 Å². The van der Waals surface area contributed by atoms with Gasteiger partial charge in [-0.25, -0.2) is 12.2 Å². The molecule has 0 bridgehead atoms. The molecule has 3 aliphatic rings. The number of halogens is 2. The van der Waals surface area contributed by atoms with Gasteiger partial charge in [-0.15, -0.1) is 23.1 Å². The second kappa shape index (κ2) is 15.7. The maximum absolute atomic E-state index is 3.90. The van der Waals surface area contributed by atoms with Crippen LogP contribution >= 0.6 is 0 Å². The zero-order valence-corrected chi connectivity index (χ0v) is 33.1. The van der Waals surface area contributed by atoms with Gasteiger partial charge >= 0.3 is 59.5 Å². The first-order valence-electron chi connectivity index (χ1n) is 15.9. The van der Waals surface area contributed by atoms with Gasteiger partial charge in [-0.3, -0.25) is 6.08 Å². The molecule has 0 N–H and O–H groups in total. The molecule has 0 saturated heterocycles. The minimum absolute atomic E-state index is 0. The second-order valence-electron chi connectivity index (χ2n) is 16.3. The molecular weight excluding hydrogens is 643 g/mol. The second-order valence-corrected chi connectivity index (χ2v) is 18.1. The van der Waals surface area contributed by atoms with Gasteiger partial charge in [0.1, 0.15) is 0 Å². The molecule has 5 rings (SSSR count). The van der Waals surface area contributed by atoms with Gasteiger partial charge in [-0.2, -0.15) is 23.8 Å². The van der Waals surface area contributed by atoms with Gasteiger partial charge < -0.3 is 24.8 Å². The van der Waals surface area contributed by atoms with Gasteiger partial charge in [0.05, 0.1) is 0 Å². The fourth-order valence-corrected chi connectivity index (χ4v) is 6.81. The molecular formula is C40H56Cl2Zr-2. The number of hydrogen-bond donors (Lipinski definition) is 0. The van der Waals surface area contributed by atoms with Crippen LogP contribution in [0, 0.1) is 12.1 Å². The standard InChI is InChI=1S/C29H41.C6H10.C5H5.2ClH.Zr/c1-26(2,3)22-14-18-13-19-15-23(27(4,5)6)25(29(10,11)12)17-21(19)20(18)16-24(22)28(7,8)9;1-2-4-6-5-3-1;1-2-4-5-3-1;;;/h14,16-17H,13H2,1-12H3;1-5H2;1-3H,4H2;2*1H;/q-1;;-1;;;+2/p-2. The number of rotatable bonds is 0. The Balaban J connectivity index is 0.000000546. The average molecular weight is 699 g/mol. The predicted octanol–water partition coefficient (Wildman–Crippen LogP) is 5.23. The van der Waals surface area contributed by atoms with Crippen LogP contribution < -0.4 is 24.8 Å². The van der Waals surface area contributed by atoms with E-state index in [1.165, 1.54) is 76.6 Å². The van der Waals surface area contributed by atoms with Crippen molar-refractivity contribution in [1.29, 1.82) is 0 Å². The van der Waals surface area contributed by atoms with E-state index in [0.717, 1.165) is 12.8 Å². The van der Waals surface area contributed by atoms with E-state index in [1.807, 2.05) is 12.2 Å². The summed E-state index contributed by atoms with van der Waals surface area (Å²) in [6.07, 6.45) is 18.3. The van der Waals surface area contributed by atoms with Crippen molar-refractivity contribution < 1.29 is 49.0 Å². The van der Waals surface area contributed by atoms with Crippen molar-refractivity contribution in [3.8, 4) is 11.1 Å². The Morgan fingerprint density at radius 1 is 0.628 bits per heavy atom. The number of benzene rings is 2. The van der Waals surface area contributed by atoms with Gasteiger partial charge in [0, 0.05) is 0 Å². The van der Waals surface area contributed by atoms with Crippen LogP contribution in [0.15, 0.2) is 36.4 Å². The van der Waals surface area contributed by atoms with E-state index < -0.39 is 0 Å². The van der Waals surface area contributed by atoms with Crippen LogP contribution in [0.2, 0.25) is 0 Å². The molecule has 0 radical (unpaired) electrons. The topological polar surface area (TPSA) is 0 Å². The summed E-state index contributed by atoms with van der Waals surface area (Å²) in [4.78, 5) is 0. The zero-order valence-electron chi connectivity index (χ0n) is 29.2. The molecule has 0 aromatic heterocycles. The van der Waals surface area contributed by atoms with Gasteiger partial charge in [0.25, 0.3) is 0 Å². The number of allylic oxidation sites excluding steroid dienone is 4. The molecule has 0 atom stereocenters. The molecule has 3 aliphatic carbocycles. The third-order valence-electron chi connectivity index (χ3n) is 8.28. The Morgan fingerprint density at radius 3 is 1.51 bits per heavy atom. The monoisotopic (exact) mass is 696 g/mol. The molecule has 0 heterocycles. The van der Waals surface area contributed by atoms with Crippen molar-refractivity contribution in [2.24, 2.45) is 0 Å². The van der Waals surface area contributed by atoms with Crippen molar-refractivity contribution in [3.63, 3.8) is 0 Å². The Bertz CT molecular complexity index is 1200. The van der Waals surface area contributed by atoms with E-state index in [0.29, 0.717) is 0 Å². The number of fused-ring (bicyclic) bond motifs is 3. The summed E-state index contributed by atoms with van der Waals surface area (Å²) >= 11 is 1.69. The molecule has 0 unspecified atom stereocenters. The third-order valence-corrected chi connectivity index (χ3v) is 9.51. The van der Waals surface area contributed by atoms with Gasteiger partial charge in [0.2, 0.25) is 0 Å². The molecule has 0 spiro atoms. The molecule has 1 saturated carbocycles. The first kappa shape index (κ1) is 40.3. The van der Waals surface area contributed by atoms with Crippen LogP contribution in [0.4, 0.5) is 0 Å². The minimum atomic E-state index is 0. The fourth-order valence-electron chi connectivity index (χ4n) is 5.94. The van der Waals surface area contributed by atoms with E-state index in [1.54, 1.807) is 27.4 Å². The molecule has 1 fully saturated rings. The predicted molar refractivity (Wildman–Crippen MR) is 178 cm³/mol. The normalized spacial score (nSPS) is 15.7. The van der Waals surface area contributed by atoms with Gasteiger partial charge in [-0.1, -0.05) is 106 Å². The summed E-state index contributed by atoms with van der Waals surface area (Å²) in [6.45, 7) is 28.0. The van der Waals surface area contributed by atoms with Crippen LogP contribution in [0.25, 0.3) is 11.1 Å². The Kier molecular flexibility index (Phi) is 14.7. The van der Waals surface area contributed by atoms with Crippen molar-refractivity contribution in [1.82, 2.24) is 0 Å². The quantitative estimate of drug-likeness (QED) is 0.283. The van der Waals surface area contributed by atoms with Crippen LogP contribution in [-0.2, 0) is 52.3 Å². The van der Waals surface area contributed by atoms with Crippen LogP contribution in [0.3, 0.4) is 0 Å². The summed E-state index contributed by atoms with van der Waals surface area (Å²) in [5.74, 6) is 0. The van der Waals surface area contributed by atoms with E-state index in [9.17, 15) is 0 Å². The Hall–Kier alpha value is -0.747. The summed E-state index contributed by atoms with van der Waals surface area (Å²) in [6, 6.07) is 11.4. The average Bonchev–Trinajstić information content (AvgIpc) is 3.52. The molecule has 236 valence electrons. The van der Waals surface area contributed by atoms with Crippen molar-refractivity contribution in [2.45, 2.75) is 150 Å². The SMILES string of the molecule is CC(C)(C)c1[c-]c2c(cc1C(C)(C)C)-c1cc(C(C)(C)C)c(C(C)(C)C)cc1C2.[C-]1=CC=CC1.[Cl-].[Cl-].[Zr+2]=[C]1CCCCC1. The first-order chi connectivity index (χ1) is 18.8. The molecule has 0 aliphatic heterocycles. The molecule has 2 aromatic rings. The maximum atomic E-state index is 3.90. The van der Waals surface area contributed by atoms with Crippen LogP contribution in [-0.4, -0.2) is 3.21 Å². The van der Waals surface area contributed by atoms with Crippen molar-refractivity contribution >= 4 is 3.21 Å². The molecule has 43 heavy (non-hydrogen) atoms. The molecule has 3 heteroatoms. The molecule has 0 nitrogen and oxygen atoms in total. The van der Waals surface area contributed by atoms with E-state index in [-0.39, 0.29) is 46.5 Å². The summed E-state index contributed by atoms with van der Waals surface area (Å²) < 4.78 is 1.80. The molecule has 0 amide bonds. The van der Waals surface area contributed by atoms with Gasteiger partial charge in [-0.05, 0) is 39.4 Å². The summed E-state index contributed by atoms with van der Waals surface area (Å²) in [5.41, 5.74) is 11.9. The summed E-state index contributed by atoms with van der Waals surface area (Å²) in [5, 5.41) is 0. The summed E-state index contributed by atoms with van der Waals surface area (Å²) in [7, 11) is 0. The Morgan fingerprint density at radius 2 is 1.14 bits per heavy atom. The fraction of sp³-hybridized carbons (Fsp3) is 0.575. The van der Waals surface area contributed by atoms with Crippen LogP contribution in [0.1, 0.15) is 155 Å². The van der Waals surface area contributed by atoms with Crippen LogP contribution in [0.5, 0.6) is 0 Å². The third kappa shape index (κ3) is 10.9.